The van der Waals surface area contributed by atoms with Gasteiger partial charge in [-0.2, -0.15) is 0 Å². The molecule has 1 atom stereocenters. The molecule has 0 rings (SSSR count). The molecule has 0 aliphatic carbocycles. The van der Waals surface area contributed by atoms with Gasteiger partial charge in [0.05, 0.1) is 27.2 Å². The second kappa shape index (κ2) is 7.71. The number of nitrogens with zero attached hydrogens (tertiary/aromatic N) is 1. The molecule has 90 valence electrons. The summed E-state index contributed by atoms with van der Waals surface area (Å²) in [7, 11) is 4.34. The molecule has 0 aromatic carbocycles. The number of ether oxygens (including phenoxy) is 1. The molecule has 0 N–H and O–H groups in total. The summed E-state index contributed by atoms with van der Waals surface area (Å²) < 4.78 is 6.03. The Morgan fingerprint density at radius 1 is 1.53 bits per heavy atom. The number of carbonyl (C=O) groups is 1. The van der Waals surface area contributed by atoms with Crippen LogP contribution in [0.3, 0.4) is 0 Å². The van der Waals surface area contributed by atoms with Crippen LogP contribution in [0.25, 0.3) is 0 Å². The summed E-state index contributed by atoms with van der Waals surface area (Å²) in [6, 6.07) is 0. The molecule has 0 radical (unpaired) electrons. The predicted octanol–water partition coefficient (Wildman–Crippen LogP) is -1.41. The average Bonchev–Trinajstić information content (AvgIpc) is 2.15. The number of halogens is 1. The maximum absolute atomic E-state index is 10.9. The largest absolute Gasteiger partial charge is 1.00 e. The van der Waals surface area contributed by atoms with E-state index in [1.54, 1.807) is 0 Å². The fourth-order valence-corrected chi connectivity index (χ4v) is 0.995. The monoisotopic (exact) mass is 235 g/mol. The highest BCUT2D eigenvalue weighted by molar-refractivity contribution is 5.81. The van der Waals surface area contributed by atoms with E-state index in [4.69, 9.17) is 4.74 Å². The van der Waals surface area contributed by atoms with Gasteiger partial charge in [0.25, 0.3) is 0 Å². The Hall–Kier alpha value is -0.540. The molecule has 0 aromatic rings. The van der Waals surface area contributed by atoms with E-state index >= 15 is 0 Å². The van der Waals surface area contributed by atoms with E-state index in [1.807, 2.05) is 6.92 Å². The maximum Gasteiger partial charge on any atom is 0.330 e. The lowest BCUT2D eigenvalue weighted by atomic mass is 10.2. The van der Waals surface area contributed by atoms with Gasteiger partial charge in [0.2, 0.25) is 0 Å². The van der Waals surface area contributed by atoms with E-state index in [1.165, 1.54) is 6.08 Å². The van der Waals surface area contributed by atoms with Crippen LogP contribution in [0.5, 0.6) is 0 Å². The number of carbonyl (C=O) groups excluding carboxylic acids is 1. The first-order valence-corrected chi connectivity index (χ1v) is 5.06. The quantitative estimate of drug-likeness (QED) is 0.322. The first-order chi connectivity index (χ1) is 6.41. The Balaban J connectivity index is 0. The fraction of sp³-hybridized carbons (Fsp3) is 0.727. The standard InChI is InChI=1S/C11H22NO2.ClH/c1-6-11(13)14-10(3)8-9-12(4,5)7-2;/h6,10H,1,7-9H2,2-5H3;1H/q+1;/p-1. The van der Waals surface area contributed by atoms with Crippen molar-refractivity contribution in [1.29, 1.82) is 0 Å². The van der Waals surface area contributed by atoms with Crippen molar-refractivity contribution in [2.24, 2.45) is 0 Å². The molecule has 0 aliphatic heterocycles. The maximum atomic E-state index is 10.9. The van der Waals surface area contributed by atoms with Gasteiger partial charge in [-0.1, -0.05) is 6.58 Å². The summed E-state index contributed by atoms with van der Waals surface area (Å²) in [5.41, 5.74) is 0. The first kappa shape index (κ1) is 16.9. The molecule has 0 aromatic heterocycles. The third kappa shape index (κ3) is 8.45. The second-order valence-corrected chi connectivity index (χ2v) is 4.22. The van der Waals surface area contributed by atoms with Crippen molar-refractivity contribution in [3.05, 3.63) is 12.7 Å². The van der Waals surface area contributed by atoms with Gasteiger partial charge >= 0.3 is 5.97 Å². The van der Waals surface area contributed by atoms with Crippen molar-refractivity contribution < 1.29 is 26.4 Å². The number of hydrogen-bond acceptors (Lipinski definition) is 2. The van der Waals surface area contributed by atoms with Crippen LogP contribution in [0, 0.1) is 0 Å². The summed E-state index contributed by atoms with van der Waals surface area (Å²) in [6.45, 7) is 9.53. The van der Waals surface area contributed by atoms with Crippen molar-refractivity contribution in [3.63, 3.8) is 0 Å². The molecule has 0 aliphatic rings. The average molecular weight is 236 g/mol. The molecule has 0 amide bonds. The van der Waals surface area contributed by atoms with Crippen LogP contribution in [0.15, 0.2) is 12.7 Å². The lowest BCUT2D eigenvalue weighted by Crippen LogP contribution is -3.00. The van der Waals surface area contributed by atoms with Gasteiger partial charge in [0.1, 0.15) is 6.10 Å². The van der Waals surface area contributed by atoms with Gasteiger partial charge in [-0.3, -0.25) is 0 Å². The topological polar surface area (TPSA) is 26.3 Å². The SMILES string of the molecule is C=CC(=O)OC(C)CC[N+](C)(C)CC.[Cl-]. The van der Waals surface area contributed by atoms with E-state index in [0.29, 0.717) is 0 Å². The summed E-state index contributed by atoms with van der Waals surface area (Å²) in [6.07, 6.45) is 2.07. The minimum Gasteiger partial charge on any atom is -1.00 e. The van der Waals surface area contributed by atoms with Gasteiger partial charge in [0.15, 0.2) is 0 Å². The molecule has 0 spiro atoms. The highest BCUT2D eigenvalue weighted by Gasteiger charge is 2.15. The molecule has 0 heterocycles. The Kier molecular flexibility index (Phi) is 8.68. The van der Waals surface area contributed by atoms with E-state index in [2.05, 4.69) is 27.6 Å². The summed E-state index contributed by atoms with van der Waals surface area (Å²) in [5, 5.41) is 0. The van der Waals surface area contributed by atoms with Crippen LogP contribution in [-0.2, 0) is 9.53 Å². The zero-order valence-corrected chi connectivity index (χ0v) is 10.9. The van der Waals surface area contributed by atoms with E-state index < -0.39 is 0 Å². The second-order valence-electron chi connectivity index (χ2n) is 4.22. The predicted molar refractivity (Wildman–Crippen MR) is 57.9 cm³/mol. The summed E-state index contributed by atoms with van der Waals surface area (Å²) in [5.74, 6) is -0.334. The zero-order chi connectivity index (χ0) is 11.2. The smallest absolute Gasteiger partial charge is 0.330 e. The van der Waals surface area contributed by atoms with Crippen molar-refractivity contribution in [2.75, 3.05) is 27.2 Å². The summed E-state index contributed by atoms with van der Waals surface area (Å²) >= 11 is 0. The Bertz CT molecular complexity index is 205. The molecule has 1 unspecified atom stereocenters. The lowest BCUT2D eigenvalue weighted by Gasteiger charge is -2.29. The summed E-state index contributed by atoms with van der Waals surface area (Å²) in [4.78, 5) is 10.9. The van der Waals surface area contributed by atoms with Crippen LogP contribution in [-0.4, -0.2) is 43.7 Å². The van der Waals surface area contributed by atoms with Crippen LogP contribution < -0.4 is 12.4 Å². The number of rotatable bonds is 6. The molecule has 0 bridgehead atoms. The fourth-order valence-electron chi connectivity index (χ4n) is 0.995. The lowest BCUT2D eigenvalue weighted by molar-refractivity contribution is -0.889. The molecular formula is C11H22ClNO2. The number of hydrogen-bond donors (Lipinski definition) is 0. The van der Waals surface area contributed by atoms with Crippen molar-refractivity contribution in [3.8, 4) is 0 Å². The van der Waals surface area contributed by atoms with Crippen molar-refractivity contribution >= 4 is 5.97 Å². The zero-order valence-electron chi connectivity index (χ0n) is 10.1. The van der Waals surface area contributed by atoms with Crippen LogP contribution >= 0.6 is 0 Å². The van der Waals surface area contributed by atoms with Crippen LogP contribution in [0.1, 0.15) is 20.3 Å². The third-order valence-corrected chi connectivity index (χ3v) is 2.48. The Labute approximate surface area is 99.1 Å². The molecule has 0 saturated carbocycles. The van der Waals surface area contributed by atoms with Gasteiger partial charge < -0.3 is 21.6 Å². The van der Waals surface area contributed by atoms with Gasteiger partial charge in [-0.05, 0) is 13.8 Å². The van der Waals surface area contributed by atoms with E-state index in [9.17, 15) is 4.79 Å². The minimum absolute atomic E-state index is 0. The molecule has 0 saturated heterocycles. The highest BCUT2D eigenvalue weighted by atomic mass is 35.5. The Morgan fingerprint density at radius 3 is 2.47 bits per heavy atom. The molecule has 4 heteroatoms. The van der Waals surface area contributed by atoms with Gasteiger partial charge in [-0.25, -0.2) is 4.79 Å². The van der Waals surface area contributed by atoms with Crippen molar-refractivity contribution in [1.82, 2.24) is 0 Å². The highest BCUT2D eigenvalue weighted by Crippen LogP contribution is 2.04. The van der Waals surface area contributed by atoms with E-state index in [0.717, 1.165) is 24.0 Å². The molecule has 3 nitrogen and oxygen atoms in total. The first-order valence-electron chi connectivity index (χ1n) is 5.06. The Morgan fingerprint density at radius 2 is 2.07 bits per heavy atom. The van der Waals surface area contributed by atoms with E-state index in [-0.39, 0.29) is 24.5 Å². The van der Waals surface area contributed by atoms with Crippen molar-refractivity contribution in [2.45, 2.75) is 26.4 Å². The number of quaternary nitrogens is 1. The van der Waals surface area contributed by atoms with Crippen LogP contribution in [0.4, 0.5) is 0 Å². The third-order valence-electron chi connectivity index (χ3n) is 2.48. The molecule has 15 heavy (non-hydrogen) atoms. The van der Waals surface area contributed by atoms with Gasteiger partial charge in [0, 0.05) is 12.5 Å². The number of esters is 1. The molecule has 0 fully saturated rings. The minimum atomic E-state index is -0.334. The molecular weight excluding hydrogens is 214 g/mol. The van der Waals surface area contributed by atoms with Crippen LogP contribution in [0.2, 0.25) is 0 Å². The normalized spacial score (nSPS) is 12.5. The van der Waals surface area contributed by atoms with Gasteiger partial charge in [-0.15, -0.1) is 0 Å².